The molecule has 0 radical (unpaired) electrons. The van der Waals surface area contributed by atoms with E-state index in [0.29, 0.717) is 22.7 Å². The minimum Gasteiger partial charge on any atom is -0.507 e. The van der Waals surface area contributed by atoms with Crippen LogP contribution in [-0.2, 0) is 5.41 Å². The minimum absolute atomic E-state index is 0.0529. The Balaban J connectivity index is 1.38. The van der Waals surface area contributed by atoms with Gasteiger partial charge in [-0.05, 0) is 76.2 Å². The van der Waals surface area contributed by atoms with E-state index in [1.165, 1.54) is 12.1 Å². The third-order valence-corrected chi connectivity index (χ3v) is 7.14. The molecule has 0 saturated carbocycles. The first-order valence-electron chi connectivity index (χ1n) is 13.5. The molecule has 0 atom stereocenters. The molecule has 0 amide bonds. The van der Waals surface area contributed by atoms with Gasteiger partial charge in [0.2, 0.25) is 5.89 Å². The Morgan fingerprint density at radius 1 is 0.756 bits per heavy atom. The molecule has 202 valence electrons. The van der Waals surface area contributed by atoms with Crippen LogP contribution in [0.4, 0.5) is 10.1 Å². The van der Waals surface area contributed by atoms with Crippen molar-refractivity contribution in [3.8, 4) is 39.5 Å². The van der Waals surface area contributed by atoms with Gasteiger partial charge in [0.1, 0.15) is 17.1 Å². The number of oxazole rings is 1. The van der Waals surface area contributed by atoms with Gasteiger partial charge < -0.3 is 9.52 Å². The molecule has 0 bridgehead atoms. The molecule has 4 nitrogen and oxygen atoms in total. The monoisotopic (exact) mass is 540 g/mol. The van der Waals surface area contributed by atoms with Crippen LogP contribution >= 0.6 is 0 Å². The summed E-state index contributed by atoms with van der Waals surface area (Å²) in [4.78, 5) is 9.64. The fourth-order valence-corrected chi connectivity index (χ4v) is 4.84. The second kappa shape index (κ2) is 10.5. The zero-order valence-electron chi connectivity index (χ0n) is 23.1. The van der Waals surface area contributed by atoms with Crippen LogP contribution < -0.4 is 0 Å². The first-order chi connectivity index (χ1) is 19.8. The number of nitrogens with zero attached hydrogens (tertiary/aromatic N) is 2. The summed E-state index contributed by atoms with van der Waals surface area (Å²) in [5, 5.41) is 10.5. The first-order valence-corrected chi connectivity index (χ1v) is 13.5. The molecular formula is C36H29FN2O2. The van der Waals surface area contributed by atoms with E-state index in [-0.39, 0.29) is 17.0 Å². The summed E-state index contributed by atoms with van der Waals surface area (Å²) in [6.07, 6.45) is 1.68. The van der Waals surface area contributed by atoms with Gasteiger partial charge in [0, 0.05) is 17.3 Å². The lowest BCUT2D eigenvalue weighted by Crippen LogP contribution is -2.11. The first kappa shape index (κ1) is 26.2. The number of phenols is 1. The number of aliphatic imine (C=N–C) groups is 1. The van der Waals surface area contributed by atoms with Crippen molar-refractivity contribution in [2.75, 3.05) is 0 Å². The summed E-state index contributed by atoms with van der Waals surface area (Å²) >= 11 is 0. The summed E-state index contributed by atoms with van der Waals surface area (Å²) in [7, 11) is 0. The maximum absolute atomic E-state index is 13.5. The molecule has 1 heterocycles. The van der Waals surface area contributed by atoms with Gasteiger partial charge in [0.25, 0.3) is 0 Å². The Morgan fingerprint density at radius 3 is 2.29 bits per heavy atom. The van der Waals surface area contributed by atoms with Crippen molar-refractivity contribution in [3.63, 3.8) is 0 Å². The van der Waals surface area contributed by atoms with Crippen LogP contribution in [-0.4, -0.2) is 16.3 Å². The van der Waals surface area contributed by atoms with Gasteiger partial charge in [-0.1, -0.05) is 81.4 Å². The topological polar surface area (TPSA) is 58.6 Å². The van der Waals surface area contributed by atoms with Crippen molar-refractivity contribution >= 4 is 23.0 Å². The summed E-state index contributed by atoms with van der Waals surface area (Å²) < 4.78 is 19.7. The van der Waals surface area contributed by atoms with Crippen LogP contribution in [0, 0.1) is 5.82 Å². The largest absolute Gasteiger partial charge is 0.507 e. The minimum atomic E-state index is -0.260. The Kier molecular flexibility index (Phi) is 6.72. The maximum Gasteiger partial charge on any atom is 0.229 e. The normalized spacial score (nSPS) is 11.9. The predicted molar refractivity (Wildman–Crippen MR) is 164 cm³/mol. The number of aromatic nitrogens is 1. The molecule has 6 rings (SSSR count). The molecule has 0 saturated heterocycles. The van der Waals surface area contributed by atoms with Gasteiger partial charge in [-0.3, -0.25) is 4.99 Å². The van der Waals surface area contributed by atoms with Crippen LogP contribution in [0.3, 0.4) is 0 Å². The molecule has 0 aliphatic carbocycles. The van der Waals surface area contributed by atoms with E-state index in [4.69, 9.17) is 14.4 Å². The molecule has 5 heteroatoms. The molecule has 1 aromatic heterocycles. The van der Waals surface area contributed by atoms with Gasteiger partial charge in [-0.2, -0.15) is 0 Å². The highest BCUT2D eigenvalue weighted by Crippen LogP contribution is 2.37. The average Bonchev–Trinajstić information content (AvgIpc) is 3.41. The molecule has 0 aliphatic rings. The number of halogens is 1. The van der Waals surface area contributed by atoms with E-state index >= 15 is 0 Å². The summed E-state index contributed by atoms with van der Waals surface area (Å²) in [5.74, 6) is 0.376. The van der Waals surface area contributed by atoms with Gasteiger partial charge in [0.15, 0.2) is 5.58 Å². The van der Waals surface area contributed by atoms with E-state index in [1.54, 1.807) is 24.4 Å². The second-order valence-electron chi connectivity index (χ2n) is 11.1. The van der Waals surface area contributed by atoms with Crippen LogP contribution in [0.25, 0.3) is 44.8 Å². The van der Waals surface area contributed by atoms with Crippen LogP contribution in [0.1, 0.15) is 31.9 Å². The fraction of sp³-hybridized carbons (Fsp3) is 0.111. The summed E-state index contributed by atoms with van der Waals surface area (Å²) in [6, 6.07) is 33.8. The second-order valence-corrected chi connectivity index (χ2v) is 11.1. The molecule has 1 N–H and O–H groups in total. The zero-order chi connectivity index (χ0) is 28.6. The van der Waals surface area contributed by atoms with Crippen LogP contribution in [0.5, 0.6) is 5.75 Å². The van der Waals surface area contributed by atoms with E-state index in [2.05, 4.69) is 26.8 Å². The van der Waals surface area contributed by atoms with Crippen molar-refractivity contribution in [3.05, 3.63) is 126 Å². The zero-order valence-corrected chi connectivity index (χ0v) is 23.1. The Morgan fingerprint density at radius 2 is 1.49 bits per heavy atom. The third kappa shape index (κ3) is 5.39. The maximum atomic E-state index is 13.5. The lowest BCUT2D eigenvalue weighted by atomic mass is 9.86. The molecule has 41 heavy (non-hydrogen) atoms. The number of hydrogen-bond acceptors (Lipinski definition) is 4. The van der Waals surface area contributed by atoms with Crippen molar-refractivity contribution in [1.82, 2.24) is 4.98 Å². The smallest absolute Gasteiger partial charge is 0.229 e. The highest BCUT2D eigenvalue weighted by atomic mass is 19.1. The fourth-order valence-electron chi connectivity index (χ4n) is 4.84. The van der Waals surface area contributed by atoms with Crippen LogP contribution in [0.15, 0.2) is 119 Å². The Bertz CT molecular complexity index is 1900. The van der Waals surface area contributed by atoms with E-state index < -0.39 is 0 Å². The van der Waals surface area contributed by atoms with E-state index in [0.717, 1.165) is 38.9 Å². The SMILES string of the molecule is CC(C)(C)c1ccc(O)c(C=Nc2ccccc2-c2nc3c(-c4cccc(-c5ccc(F)cc5)c4)cccc3o2)c1. The molecule has 6 aromatic rings. The molecule has 0 unspecified atom stereocenters. The van der Waals surface area contributed by atoms with E-state index in [9.17, 15) is 9.50 Å². The number of fused-ring (bicyclic) bond motifs is 1. The van der Waals surface area contributed by atoms with Crippen molar-refractivity contribution in [2.24, 2.45) is 4.99 Å². The molecule has 0 spiro atoms. The van der Waals surface area contributed by atoms with E-state index in [1.807, 2.05) is 72.8 Å². The van der Waals surface area contributed by atoms with Gasteiger partial charge in [0.05, 0.1) is 11.3 Å². The number of hydrogen-bond donors (Lipinski definition) is 1. The number of benzene rings is 5. The lowest BCUT2D eigenvalue weighted by Gasteiger charge is -2.19. The van der Waals surface area contributed by atoms with Crippen molar-refractivity contribution < 1.29 is 13.9 Å². The number of aromatic hydroxyl groups is 1. The molecule has 0 fully saturated rings. The molecular weight excluding hydrogens is 511 g/mol. The van der Waals surface area contributed by atoms with Crippen LogP contribution in [0.2, 0.25) is 0 Å². The van der Waals surface area contributed by atoms with Crippen molar-refractivity contribution in [1.29, 1.82) is 0 Å². The standard InChI is InChI=1S/C36H29FN2O2/c1-36(2,3)27-16-19-32(40)26(21-27)22-38-31-12-5-4-10-30(31)35-39-34-29(11-7-13-33(34)41-35)25-9-6-8-24(20-25)23-14-17-28(37)18-15-23/h4-22,40H,1-3H3. The van der Waals surface area contributed by atoms with Gasteiger partial charge in [-0.15, -0.1) is 0 Å². The third-order valence-electron chi connectivity index (χ3n) is 7.14. The average molecular weight is 541 g/mol. The Labute approximate surface area is 238 Å². The quantitative estimate of drug-likeness (QED) is 0.221. The Hall–Kier alpha value is -5.03. The van der Waals surface area contributed by atoms with Crippen molar-refractivity contribution in [2.45, 2.75) is 26.2 Å². The number of para-hydroxylation sites is 2. The number of phenolic OH excluding ortho intramolecular Hbond substituents is 1. The summed E-state index contributed by atoms with van der Waals surface area (Å²) in [5.41, 5.74) is 8.39. The highest BCUT2D eigenvalue weighted by Gasteiger charge is 2.17. The predicted octanol–water partition coefficient (Wildman–Crippen LogP) is 9.72. The molecule has 5 aromatic carbocycles. The highest BCUT2D eigenvalue weighted by molar-refractivity contribution is 5.94. The molecule has 0 aliphatic heterocycles. The summed E-state index contributed by atoms with van der Waals surface area (Å²) in [6.45, 7) is 6.41. The van der Waals surface area contributed by atoms with Gasteiger partial charge >= 0.3 is 0 Å². The van der Waals surface area contributed by atoms with Gasteiger partial charge in [-0.25, -0.2) is 9.37 Å². The number of rotatable bonds is 5. The lowest BCUT2D eigenvalue weighted by molar-refractivity contribution is 0.473.